The number of carbonyl (C=O) groups excluding carboxylic acids is 1. The van der Waals surface area contributed by atoms with Crippen LogP contribution in [0.4, 0.5) is 20.7 Å². The van der Waals surface area contributed by atoms with E-state index in [0.717, 1.165) is 61.4 Å². The first-order chi connectivity index (χ1) is 18.5. The standard InChI is InChI=1S/C31H36FN5O/c1-20-27-19-34(2)33-30(27)36(18-23-6-3-4-7-25(23)21-10-11-21)31(38)37(20)24-14-16-35(17-15-24)29-26(22-12-13-22)8-5-9-28(29)32/h3-9,19-22,24H,10-18H2,1-2H3/t20-/m1/s1. The fourth-order valence-electron chi connectivity index (χ4n) is 6.76. The summed E-state index contributed by atoms with van der Waals surface area (Å²) in [6.07, 6.45) is 8.49. The van der Waals surface area contributed by atoms with E-state index in [-0.39, 0.29) is 23.9 Å². The Hall–Kier alpha value is -3.35. The summed E-state index contributed by atoms with van der Waals surface area (Å²) >= 11 is 0. The molecule has 0 bridgehead atoms. The summed E-state index contributed by atoms with van der Waals surface area (Å²) in [5, 5.41) is 4.74. The lowest BCUT2D eigenvalue weighted by Gasteiger charge is -2.46. The molecule has 2 aliphatic heterocycles. The molecule has 2 saturated carbocycles. The smallest absolute Gasteiger partial charge is 0.326 e. The first kappa shape index (κ1) is 23.7. The number of hydrogen-bond donors (Lipinski definition) is 0. The third kappa shape index (κ3) is 4.07. The van der Waals surface area contributed by atoms with Crippen molar-refractivity contribution < 1.29 is 9.18 Å². The number of para-hydroxylation sites is 1. The molecule has 2 aromatic carbocycles. The first-order valence-electron chi connectivity index (χ1n) is 14.2. The van der Waals surface area contributed by atoms with Gasteiger partial charge in [-0.25, -0.2) is 9.18 Å². The Bertz CT molecular complexity index is 1370. The van der Waals surface area contributed by atoms with Crippen molar-refractivity contribution >= 4 is 17.5 Å². The van der Waals surface area contributed by atoms with E-state index in [0.29, 0.717) is 18.4 Å². The van der Waals surface area contributed by atoms with Gasteiger partial charge in [-0.15, -0.1) is 0 Å². The molecule has 38 heavy (non-hydrogen) atoms. The number of halogens is 1. The third-order valence-corrected chi connectivity index (χ3v) is 9.02. The molecule has 0 unspecified atom stereocenters. The van der Waals surface area contributed by atoms with Crippen molar-refractivity contribution in [2.45, 2.75) is 75.9 Å². The maximum atomic E-state index is 15.0. The Morgan fingerprint density at radius 1 is 0.895 bits per heavy atom. The van der Waals surface area contributed by atoms with Gasteiger partial charge in [0.2, 0.25) is 0 Å². The number of hydrogen-bond acceptors (Lipinski definition) is 3. The number of piperidine rings is 1. The Kier molecular flexibility index (Phi) is 5.71. The number of fused-ring (bicyclic) bond motifs is 1. The zero-order valence-electron chi connectivity index (χ0n) is 22.3. The van der Waals surface area contributed by atoms with Gasteiger partial charge in [-0.2, -0.15) is 5.10 Å². The van der Waals surface area contributed by atoms with Crippen LogP contribution in [0.25, 0.3) is 0 Å². The van der Waals surface area contributed by atoms with Crippen LogP contribution in [0.2, 0.25) is 0 Å². The van der Waals surface area contributed by atoms with Gasteiger partial charge in [0, 0.05) is 37.9 Å². The summed E-state index contributed by atoms with van der Waals surface area (Å²) in [5.41, 5.74) is 5.64. The van der Waals surface area contributed by atoms with Crippen molar-refractivity contribution in [1.82, 2.24) is 14.7 Å². The number of rotatable bonds is 6. The second-order valence-corrected chi connectivity index (χ2v) is 11.7. The van der Waals surface area contributed by atoms with Crippen molar-refractivity contribution in [1.29, 1.82) is 0 Å². The Labute approximate surface area is 224 Å². The lowest BCUT2D eigenvalue weighted by atomic mass is 9.96. The zero-order chi connectivity index (χ0) is 26.0. The molecule has 1 aromatic heterocycles. The van der Waals surface area contributed by atoms with Gasteiger partial charge in [0.15, 0.2) is 5.82 Å². The minimum atomic E-state index is -0.115. The van der Waals surface area contributed by atoms with Crippen molar-refractivity contribution in [3.63, 3.8) is 0 Å². The van der Waals surface area contributed by atoms with Gasteiger partial charge in [-0.1, -0.05) is 36.4 Å². The highest BCUT2D eigenvalue weighted by Crippen LogP contribution is 2.47. The van der Waals surface area contributed by atoms with Gasteiger partial charge < -0.3 is 9.80 Å². The van der Waals surface area contributed by atoms with E-state index in [9.17, 15) is 9.18 Å². The van der Waals surface area contributed by atoms with E-state index in [1.807, 2.05) is 22.7 Å². The number of amides is 2. The predicted octanol–water partition coefficient (Wildman–Crippen LogP) is 6.49. The molecule has 3 aromatic rings. The van der Waals surface area contributed by atoms with Crippen LogP contribution in [0.3, 0.4) is 0 Å². The maximum absolute atomic E-state index is 15.0. The molecule has 0 N–H and O–H groups in total. The van der Waals surface area contributed by atoms with E-state index >= 15 is 0 Å². The molecule has 3 fully saturated rings. The SMILES string of the molecule is C[C@@H]1c2cn(C)nc2N(Cc2ccccc2C2CC2)C(=O)N1C1CCN(c2c(F)cccc2C2CC2)CC1. The van der Waals surface area contributed by atoms with Crippen LogP contribution >= 0.6 is 0 Å². The minimum absolute atomic E-state index is 0.0392. The average Bonchev–Trinajstić information content (AvgIpc) is 3.85. The van der Waals surface area contributed by atoms with Crippen LogP contribution in [-0.4, -0.2) is 39.8 Å². The highest BCUT2D eigenvalue weighted by atomic mass is 19.1. The number of benzene rings is 2. The molecule has 2 amide bonds. The molecule has 0 radical (unpaired) electrons. The molecule has 6 nitrogen and oxygen atoms in total. The first-order valence-corrected chi connectivity index (χ1v) is 14.2. The number of nitrogens with zero attached hydrogens (tertiary/aromatic N) is 5. The van der Waals surface area contributed by atoms with Crippen LogP contribution in [0, 0.1) is 5.82 Å². The Morgan fingerprint density at radius 3 is 2.32 bits per heavy atom. The molecule has 1 saturated heterocycles. The van der Waals surface area contributed by atoms with Crippen molar-refractivity contribution in [2.75, 3.05) is 22.9 Å². The third-order valence-electron chi connectivity index (χ3n) is 9.02. The fraction of sp³-hybridized carbons (Fsp3) is 0.484. The van der Waals surface area contributed by atoms with Crippen LogP contribution in [0.1, 0.15) is 85.6 Å². The molecule has 2 aliphatic carbocycles. The van der Waals surface area contributed by atoms with Gasteiger partial charge in [-0.05, 0) is 80.0 Å². The summed E-state index contributed by atoms with van der Waals surface area (Å²) in [7, 11) is 1.93. The normalized spacial score (nSPS) is 22.2. The Balaban J connectivity index is 1.15. The molecule has 7 heteroatoms. The second kappa shape index (κ2) is 9.14. The van der Waals surface area contributed by atoms with E-state index in [1.54, 1.807) is 6.07 Å². The average molecular weight is 514 g/mol. The largest absolute Gasteiger partial charge is 0.369 e. The summed E-state index contributed by atoms with van der Waals surface area (Å²) in [5.74, 6) is 1.78. The van der Waals surface area contributed by atoms with Crippen LogP contribution < -0.4 is 9.80 Å². The topological polar surface area (TPSA) is 44.6 Å². The highest BCUT2D eigenvalue weighted by Gasteiger charge is 2.43. The second-order valence-electron chi connectivity index (χ2n) is 11.7. The molecule has 7 rings (SSSR count). The van der Waals surface area contributed by atoms with Crippen LogP contribution in [0.15, 0.2) is 48.7 Å². The number of anilines is 2. The summed E-state index contributed by atoms with van der Waals surface area (Å²) in [6, 6.07) is 14.2. The summed E-state index contributed by atoms with van der Waals surface area (Å²) in [6.45, 7) is 4.18. The number of aromatic nitrogens is 2. The van der Waals surface area contributed by atoms with E-state index in [4.69, 9.17) is 5.10 Å². The lowest BCUT2D eigenvalue weighted by molar-refractivity contribution is 0.136. The lowest BCUT2D eigenvalue weighted by Crippen LogP contribution is -2.55. The zero-order valence-corrected chi connectivity index (χ0v) is 22.3. The van der Waals surface area contributed by atoms with E-state index in [1.165, 1.54) is 24.0 Å². The highest BCUT2D eigenvalue weighted by molar-refractivity contribution is 5.94. The molecular formula is C31H36FN5O. The van der Waals surface area contributed by atoms with Gasteiger partial charge in [0.05, 0.1) is 18.3 Å². The molecule has 198 valence electrons. The fourth-order valence-corrected chi connectivity index (χ4v) is 6.76. The molecule has 0 spiro atoms. The van der Waals surface area contributed by atoms with Crippen molar-refractivity contribution in [3.05, 3.63) is 76.7 Å². The molecule has 1 atom stereocenters. The quantitative estimate of drug-likeness (QED) is 0.379. The molecule has 4 aliphatic rings. The van der Waals surface area contributed by atoms with Crippen LogP contribution in [0.5, 0.6) is 0 Å². The van der Waals surface area contributed by atoms with Crippen LogP contribution in [-0.2, 0) is 13.6 Å². The number of aryl methyl sites for hydroxylation is 1. The molecule has 3 heterocycles. The molecular weight excluding hydrogens is 477 g/mol. The number of urea groups is 1. The minimum Gasteiger partial charge on any atom is -0.369 e. The monoisotopic (exact) mass is 513 g/mol. The van der Waals surface area contributed by atoms with Gasteiger partial charge in [-0.3, -0.25) is 9.58 Å². The van der Waals surface area contributed by atoms with E-state index in [2.05, 4.69) is 53.3 Å². The Morgan fingerprint density at radius 2 is 1.58 bits per heavy atom. The maximum Gasteiger partial charge on any atom is 0.326 e. The van der Waals surface area contributed by atoms with Gasteiger partial charge >= 0.3 is 6.03 Å². The van der Waals surface area contributed by atoms with E-state index < -0.39 is 0 Å². The van der Waals surface area contributed by atoms with Crippen molar-refractivity contribution in [3.8, 4) is 0 Å². The summed E-state index contributed by atoms with van der Waals surface area (Å²) < 4.78 is 16.8. The van der Waals surface area contributed by atoms with Gasteiger partial charge in [0.25, 0.3) is 0 Å². The van der Waals surface area contributed by atoms with Gasteiger partial charge in [0.1, 0.15) is 5.82 Å². The summed E-state index contributed by atoms with van der Waals surface area (Å²) in [4.78, 5) is 20.4. The predicted molar refractivity (Wildman–Crippen MR) is 147 cm³/mol. The van der Waals surface area contributed by atoms with Crippen molar-refractivity contribution in [2.24, 2.45) is 7.05 Å². The number of carbonyl (C=O) groups is 1.